The number of rotatable bonds is 5. The van der Waals surface area contributed by atoms with Crippen molar-refractivity contribution < 1.29 is 14.6 Å². The first-order chi connectivity index (χ1) is 12.5. The predicted octanol–water partition coefficient (Wildman–Crippen LogP) is 5.12. The van der Waals surface area contributed by atoms with Crippen molar-refractivity contribution in [3.63, 3.8) is 0 Å². The Hall–Kier alpha value is -2.97. The summed E-state index contributed by atoms with van der Waals surface area (Å²) < 4.78 is 5.75. The van der Waals surface area contributed by atoms with Gasteiger partial charge in [0.2, 0.25) is 0 Å². The van der Waals surface area contributed by atoms with E-state index in [1.165, 1.54) is 0 Å². The highest BCUT2D eigenvalue weighted by atomic mass is 35.5. The van der Waals surface area contributed by atoms with Crippen LogP contribution in [0.4, 0.5) is 5.69 Å². The third-order valence-corrected chi connectivity index (χ3v) is 4.46. The third kappa shape index (κ3) is 4.16. The molecular formula is C20H17ClN2O3. The van der Waals surface area contributed by atoms with Crippen molar-refractivity contribution in [2.24, 2.45) is 5.92 Å². The molecule has 1 aliphatic rings. The van der Waals surface area contributed by atoms with Gasteiger partial charge in [-0.3, -0.25) is 4.79 Å². The first kappa shape index (κ1) is 17.8. The Balaban J connectivity index is 1.67. The summed E-state index contributed by atoms with van der Waals surface area (Å²) in [6.07, 6.45) is 1.61. The van der Waals surface area contributed by atoms with E-state index in [0.29, 0.717) is 22.2 Å². The van der Waals surface area contributed by atoms with E-state index in [2.05, 4.69) is 5.32 Å². The van der Waals surface area contributed by atoms with Gasteiger partial charge in [-0.05, 0) is 67.8 Å². The number of benzene rings is 2. The van der Waals surface area contributed by atoms with Crippen LogP contribution in [0.25, 0.3) is 0 Å². The number of halogens is 1. The summed E-state index contributed by atoms with van der Waals surface area (Å²) in [7, 11) is 0. The van der Waals surface area contributed by atoms with Gasteiger partial charge in [0.05, 0.1) is 0 Å². The molecular weight excluding hydrogens is 352 g/mol. The van der Waals surface area contributed by atoms with Crippen LogP contribution in [0.1, 0.15) is 18.4 Å². The van der Waals surface area contributed by atoms with Gasteiger partial charge in [0.1, 0.15) is 23.3 Å². The molecule has 5 nitrogen and oxygen atoms in total. The number of aryl methyl sites for hydroxylation is 1. The number of nitriles is 1. The molecule has 1 aliphatic carbocycles. The number of nitrogens with one attached hydrogen (secondary N) is 1. The summed E-state index contributed by atoms with van der Waals surface area (Å²) in [5.41, 5.74) is 1.19. The normalized spacial score (nSPS) is 14.2. The van der Waals surface area contributed by atoms with E-state index in [4.69, 9.17) is 21.6 Å². The Morgan fingerprint density at radius 1 is 1.23 bits per heavy atom. The van der Waals surface area contributed by atoms with Gasteiger partial charge >= 0.3 is 0 Å². The molecule has 0 aromatic heterocycles. The summed E-state index contributed by atoms with van der Waals surface area (Å²) in [5, 5.41) is 22.3. The minimum absolute atomic E-state index is 0.0611. The number of amides is 1. The quantitative estimate of drug-likeness (QED) is 0.435. The lowest BCUT2D eigenvalue weighted by molar-refractivity contribution is -0.112. The molecule has 0 saturated heterocycles. The van der Waals surface area contributed by atoms with Crippen LogP contribution in [0.3, 0.4) is 0 Å². The molecule has 0 spiro atoms. The van der Waals surface area contributed by atoms with Crippen LogP contribution < -0.4 is 10.1 Å². The van der Waals surface area contributed by atoms with Crippen LogP contribution in [0, 0.1) is 24.2 Å². The van der Waals surface area contributed by atoms with Gasteiger partial charge in [0.25, 0.3) is 5.91 Å². The molecule has 2 aromatic rings. The van der Waals surface area contributed by atoms with Crippen molar-refractivity contribution in [1.29, 1.82) is 5.26 Å². The summed E-state index contributed by atoms with van der Waals surface area (Å²) in [6, 6.07) is 13.9. The maximum absolute atomic E-state index is 12.2. The van der Waals surface area contributed by atoms with Crippen molar-refractivity contribution in [2.45, 2.75) is 19.8 Å². The number of carbonyl (C=O) groups is 1. The van der Waals surface area contributed by atoms with Crippen molar-refractivity contribution in [1.82, 2.24) is 0 Å². The smallest absolute Gasteiger partial charge is 0.269 e. The zero-order chi connectivity index (χ0) is 18.7. The Morgan fingerprint density at radius 3 is 2.46 bits per heavy atom. The molecule has 2 N–H and O–H groups in total. The number of hydrogen-bond donors (Lipinski definition) is 2. The number of aliphatic hydroxyl groups excluding tert-OH is 1. The summed E-state index contributed by atoms with van der Waals surface area (Å²) in [6.45, 7) is 1.89. The number of ether oxygens (including phenoxy) is 1. The number of allylic oxidation sites excluding steroid dienone is 1. The highest BCUT2D eigenvalue weighted by molar-refractivity contribution is 6.31. The van der Waals surface area contributed by atoms with Crippen molar-refractivity contribution in [3.8, 4) is 17.6 Å². The van der Waals surface area contributed by atoms with Crippen LogP contribution >= 0.6 is 11.6 Å². The van der Waals surface area contributed by atoms with E-state index >= 15 is 0 Å². The molecule has 0 unspecified atom stereocenters. The molecule has 0 atom stereocenters. The molecule has 1 amide bonds. The van der Waals surface area contributed by atoms with E-state index in [1.807, 2.05) is 13.0 Å². The minimum Gasteiger partial charge on any atom is -0.510 e. The average molecular weight is 369 g/mol. The highest BCUT2D eigenvalue weighted by Crippen LogP contribution is 2.36. The van der Waals surface area contributed by atoms with E-state index in [-0.39, 0.29) is 17.3 Å². The maximum atomic E-state index is 12.2. The molecule has 26 heavy (non-hydrogen) atoms. The Morgan fingerprint density at radius 2 is 1.88 bits per heavy atom. The van der Waals surface area contributed by atoms with Gasteiger partial charge in [-0.15, -0.1) is 0 Å². The standard InChI is InChI=1S/C20H17ClN2O3/c1-12-10-16(8-9-18(12)21)26-15-6-4-14(5-7-15)23-20(25)17(11-22)19(24)13-2-3-13/h4-10,13,24H,2-3H2,1H3,(H,23,25). The molecule has 0 aliphatic heterocycles. The van der Waals surface area contributed by atoms with Gasteiger partial charge in [-0.2, -0.15) is 5.26 Å². The second kappa shape index (κ2) is 7.51. The van der Waals surface area contributed by atoms with Crippen LogP contribution in [0.2, 0.25) is 5.02 Å². The lowest BCUT2D eigenvalue weighted by Crippen LogP contribution is -2.15. The Labute approximate surface area is 156 Å². The lowest BCUT2D eigenvalue weighted by atomic mass is 10.1. The first-order valence-corrected chi connectivity index (χ1v) is 8.54. The van der Waals surface area contributed by atoms with Gasteiger partial charge < -0.3 is 15.2 Å². The van der Waals surface area contributed by atoms with Gasteiger partial charge in [-0.1, -0.05) is 11.6 Å². The monoisotopic (exact) mass is 368 g/mol. The fourth-order valence-corrected chi connectivity index (χ4v) is 2.52. The Bertz CT molecular complexity index is 910. The van der Waals surface area contributed by atoms with Gasteiger partial charge in [0.15, 0.2) is 5.57 Å². The maximum Gasteiger partial charge on any atom is 0.269 e. The van der Waals surface area contributed by atoms with Crippen LogP contribution in [0.15, 0.2) is 53.8 Å². The fourth-order valence-electron chi connectivity index (χ4n) is 2.40. The zero-order valence-electron chi connectivity index (χ0n) is 14.1. The lowest BCUT2D eigenvalue weighted by Gasteiger charge is -2.09. The van der Waals surface area contributed by atoms with Crippen molar-refractivity contribution >= 4 is 23.2 Å². The van der Waals surface area contributed by atoms with Crippen LogP contribution in [-0.4, -0.2) is 11.0 Å². The Kier molecular flexibility index (Phi) is 5.15. The summed E-state index contributed by atoms with van der Waals surface area (Å²) >= 11 is 6.00. The number of hydrogen-bond acceptors (Lipinski definition) is 4. The molecule has 132 valence electrons. The van der Waals surface area contributed by atoms with Crippen molar-refractivity contribution in [2.75, 3.05) is 5.32 Å². The van der Waals surface area contributed by atoms with E-state index in [9.17, 15) is 9.90 Å². The second-order valence-electron chi connectivity index (χ2n) is 6.14. The van der Waals surface area contributed by atoms with Crippen LogP contribution in [0.5, 0.6) is 11.5 Å². The second-order valence-corrected chi connectivity index (χ2v) is 6.55. The van der Waals surface area contributed by atoms with E-state index < -0.39 is 5.91 Å². The molecule has 6 heteroatoms. The molecule has 0 heterocycles. The molecule has 0 bridgehead atoms. The largest absolute Gasteiger partial charge is 0.510 e. The molecule has 3 rings (SSSR count). The minimum atomic E-state index is -0.612. The number of carbonyl (C=O) groups excluding carboxylic acids is 1. The molecule has 1 saturated carbocycles. The first-order valence-electron chi connectivity index (χ1n) is 8.16. The van der Waals surface area contributed by atoms with E-state index in [1.54, 1.807) is 42.5 Å². The third-order valence-electron chi connectivity index (χ3n) is 4.04. The average Bonchev–Trinajstić information content (AvgIpc) is 3.45. The summed E-state index contributed by atoms with van der Waals surface area (Å²) in [5.74, 6) is 0.463. The van der Waals surface area contributed by atoms with Crippen LogP contribution in [-0.2, 0) is 4.79 Å². The number of nitrogens with zero attached hydrogens (tertiary/aromatic N) is 1. The fraction of sp³-hybridized carbons (Fsp3) is 0.200. The van der Waals surface area contributed by atoms with Gasteiger partial charge in [-0.25, -0.2) is 0 Å². The van der Waals surface area contributed by atoms with E-state index in [0.717, 1.165) is 18.4 Å². The number of aliphatic hydroxyl groups is 1. The zero-order valence-corrected chi connectivity index (χ0v) is 14.9. The summed E-state index contributed by atoms with van der Waals surface area (Å²) in [4.78, 5) is 12.2. The SMILES string of the molecule is Cc1cc(Oc2ccc(NC(=O)C(C#N)=C(O)C3CC3)cc2)ccc1Cl. The topological polar surface area (TPSA) is 82.3 Å². The number of anilines is 1. The molecule has 2 aromatic carbocycles. The molecule has 0 radical (unpaired) electrons. The highest BCUT2D eigenvalue weighted by Gasteiger charge is 2.30. The van der Waals surface area contributed by atoms with Gasteiger partial charge in [0, 0.05) is 16.6 Å². The van der Waals surface area contributed by atoms with Crippen molar-refractivity contribution in [3.05, 3.63) is 64.4 Å². The predicted molar refractivity (Wildman–Crippen MR) is 99.3 cm³/mol. The molecule has 1 fully saturated rings.